The van der Waals surface area contributed by atoms with E-state index >= 15 is 0 Å². The number of nitrogens with one attached hydrogen (secondary N) is 1. The van der Waals surface area contributed by atoms with E-state index in [2.05, 4.69) is 24.3 Å². The standard InChI is InChI=1S/C16H28ClN3/c1-5-8-18-14(13-7-6-11(2)9-13)10-15-16(17)12(3)19-20(15)4/h11,13-14,18H,5-10H2,1-4H3. The van der Waals surface area contributed by atoms with Crippen LogP contribution in [-0.4, -0.2) is 22.4 Å². The third-order valence-electron chi connectivity index (χ3n) is 4.64. The van der Waals surface area contributed by atoms with Gasteiger partial charge in [-0.2, -0.15) is 5.10 Å². The molecule has 0 aromatic carbocycles. The Morgan fingerprint density at radius 3 is 2.70 bits per heavy atom. The van der Waals surface area contributed by atoms with E-state index in [1.807, 2.05) is 18.7 Å². The van der Waals surface area contributed by atoms with Crippen LogP contribution in [0.3, 0.4) is 0 Å². The van der Waals surface area contributed by atoms with Gasteiger partial charge in [0.05, 0.1) is 16.4 Å². The Morgan fingerprint density at radius 1 is 1.45 bits per heavy atom. The zero-order chi connectivity index (χ0) is 14.7. The van der Waals surface area contributed by atoms with E-state index in [9.17, 15) is 0 Å². The van der Waals surface area contributed by atoms with Gasteiger partial charge in [-0.15, -0.1) is 0 Å². The van der Waals surface area contributed by atoms with Crippen molar-refractivity contribution in [3.05, 3.63) is 16.4 Å². The van der Waals surface area contributed by atoms with Crippen LogP contribution in [0.5, 0.6) is 0 Å². The van der Waals surface area contributed by atoms with Gasteiger partial charge in [0, 0.05) is 19.5 Å². The molecule has 3 atom stereocenters. The first-order valence-electron chi connectivity index (χ1n) is 7.94. The number of halogens is 1. The lowest BCUT2D eigenvalue weighted by atomic mass is 9.93. The fraction of sp³-hybridized carbons (Fsp3) is 0.812. The van der Waals surface area contributed by atoms with Gasteiger partial charge in [0.2, 0.25) is 0 Å². The molecule has 1 aromatic rings. The number of hydrogen-bond acceptors (Lipinski definition) is 2. The van der Waals surface area contributed by atoms with Crippen molar-refractivity contribution in [3.8, 4) is 0 Å². The molecule has 1 fully saturated rings. The van der Waals surface area contributed by atoms with Crippen molar-refractivity contribution in [2.24, 2.45) is 18.9 Å². The van der Waals surface area contributed by atoms with Crippen LogP contribution < -0.4 is 5.32 Å². The SMILES string of the molecule is CCCNC(Cc1c(Cl)c(C)nn1C)C1CCC(C)C1. The number of nitrogens with zero attached hydrogens (tertiary/aromatic N) is 2. The minimum absolute atomic E-state index is 0.534. The van der Waals surface area contributed by atoms with Crippen LogP contribution in [0.2, 0.25) is 5.02 Å². The highest BCUT2D eigenvalue weighted by Gasteiger charge is 2.30. The molecule has 0 aliphatic heterocycles. The zero-order valence-corrected chi connectivity index (χ0v) is 14.0. The van der Waals surface area contributed by atoms with Crippen LogP contribution in [0, 0.1) is 18.8 Å². The summed E-state index contributed by atoms with van der Waals surface area (Å²) in [6.45, 7) is 7.67. The van der Waals surface area contributed by atoms with Crippen LogP contribution in [0.15, 0.2) is 0 Å². The zero-order valence-electron chi connectivity index (χ0n) is 13.2. The Bertz CT molecular complexity index is 441. The van der Waals surface area contributed by atoms with Crippen molar-refractivity contribution < 1.29 is 0 Å². The topological polar surface area (TPSA) is 29.9 Å². The maximum Gasteiger partial charge on any atom is 0.0847 e. The maximum atomic E-state index is 6.42. The highest BCUT2D eigenvalue weighted by Crippen LogP contribution is 2.34. The van der Waals surface area contributed by atoms with Gasteiger partial charge in [-0.3, -0.25) is 4.68 Å². The molecule has 1 aliphatic rings. The molecule has 20 heavy (non-hydrogen) atoms. The summed E-state index contributed by atoms with van der Waals surface area (Å²) in [5.74, 6) is 1.65. The molecule has 1 saturated carbocycles. The third kappa shape index (κ3) is 3.56. The smallest absolute Gasteiger partial charge is 0.0847 e. The second kappa shape index (κ2) is 6.95. The summed E-state index contributed by atoms with van der Waals surface area (Å²) in [6.07, 6.45) is 6.23. The van der Waals surface area contributed by atoms with Crippen LogP contribution in [0.1, 0.15) is 50.9 Å². The van der Waals surface area contributed by atoms with Crippen LogP contribution in [0.25, 0.3) is 0 Å². The van der Waals surface area contributed by atoms with Crippen molar-refractivity contribution in [1.82, 2.24) is 15.1 Å². The molecule has 3 unspecified atom stereocenters. The lowest BCUT2D eigenvalue weighted by Gasteiger charge is -2.25. The van der Waals surface area contributed by atoms with Gasteiger partial charge in [-0.1, -0.05) is 31.9 Å². The van der Waals surface area contributed by atoms with E-state index < -0.39 is 0 Å². The van der Waals surface area contributed by atoms with Gasteiger partial charge in [0.1, 0.15) is 0 Å². The Labute approximate surface area is 128 Å². The summed E-state index contributed by atoms with van der Waals surface area (Å²) in [6, 6.07) is 0.534. The molecule has 0 spiro atoms. The predicted octanol–water partition coefficient (Wildman–Crippen LogP) is 3.73. The average Bonchev–Trinajstić information content (AvgIpc) is 2.93. The fourth-order valence-electron chi connectivity index (χ4n) is 3.46. The number of aryl methyl sites for hydroxylation is 2. The second-order valence-corrected chi connectivity index (χ2v) is 6.79. The van der Waals surface area contributed by atoms with E-state index in [4.69, 9.17) is 11.6 Å². The lowest BCUT2D eigenvalue weighted by molar-refractivity contribution is 0.343. The summed E-state index contributed by atoms with van der Waals surface area (Å²) in [7, 11) is 2.00. The average molecular weight is 298 g/mol. The molecule has 0 bridgehead atoms. The first-order valence-corrected chi connectivity index (χ1v) is 8.32. The molecule has 1 heterocycles. The van der Waals surface area contributed by atoms with Crippen LogP contribution >= 0.6 is 11.6 Å². The fourth-order valence-corrected chi connectivity index (χ4v) is 3.70. The van der Waals surface area contributed by atoms with E-state index in [1.54, 1.807) is 0 Å². The molecule has 1 N–H and O–H groups in total. The molecule has 0 amide bonds. The molecular weight excluding hydrogens is 270 g/mol. The van der Waals surface area contributed by atoms with Crippen LogP contribution in [-0.2, 0) is 13.5 Å². The summed E-state index contributed by atoms with van der Waals surface area (Å²) >= 11 is 6.42. The first-order chi connectivity index (χ1) is 9.52. The summed E-state index contributed by atoms with van der Waals surface area (Å²) < 4.78 is 1.96. The predicted molar refractivity (Wildman–Crippen MR) is 85.2 cm³/mol. The van der Waals surface area contributed by atoms with Crippen molar-refractivity contribution in [2.75, 3.05) is 6.54 Å². The highest BCUT2D eigenvalue weighted by molar-refractivity contribution is 6.31. The van der Waals surface area contributed by atoms with Crippen molar-refractivity contribution in [3.63, 3.8) is 0 Å². The van der Waals surface area contributed by atoms with Crippen LogP contribution in [0.4, 0.5) is 0 Å². The van der Waals surface area contributed by atoms with E-state index in [0.29, 0.717) is 6.04 Å². The van der Waals surface area contributed by atoms with Crippen molar-refractivity contribution >= 4 is 11.6 Å². The monoisotopic (exact) mass is 297 g/mol. The molecule has 3 nitrogen and oxygen atoms in total. The Balaban J connectivity index is 2.10. The summed E-state index contributed by atoms with van der Waals surface area (Å²) in [5.41, 5.74) is 2.12. The van der Waals surface area contributed by atoms with Crippen molar-refractivity contribution in [1.29, 1.82) is 0 Å². The number of rotatable bonds is 6. The largest absolute Gasteiger partial charge is 0.313 e. The van der Waals surface area contributed by atoms with Gasteiger partial charge in [0.25, 0.3) is 0 Å². The molecule has 114 valence electrons. The second-order valence-electron chi connectivity index (χ2n) is 6.41. The van der Waals surface area contributed by atoms with E-state index in [0.717, 1.165) is 35.5 Å². The first kappa shape index (κ1) is 15.8. The maximum absolute atomic E-state index is 6.42. The minimum Gasteiger partial charge on any atom is -0.313 e. The van der Waals surface area contributed by atoms with Gasteiger partial charge in [0.15, 0.2) is 0 Å². The van der Waals surface area contributed by atoms with Crippen molar-refractivity contribution in [2.45, 2.75) is 58.9 Å². The molecule has 0 radical (unpaired) electrons. The normalized spacial score (nSPS) is 24.2. The summed E-state index contributed by atoms with van der Waals surface area (Å²) in [5, 5.41) is 9.04. The Hall–Kier alpha value is -0.540. The Kier molecular flexibility index (Phi) is 5.50. The molecule has 0 saturated heterocycles. The van der Waals surface area contributed by atoms with Gasteiger partial charge in [-0.05, 0) is 44.6 Å². The third-order valence-corrected chi connectivity index (χ3v) is 5.13. The molecule has 2 rings (SSSR count). The molecule has 1 aliphatic carbocycles. The summed E-state index contributed by atoms with van der Waals surface area (Å²) in [4.78, 5) is 0. The molecular formula is C16H28ClN3. The van der Waals surface area contributed by atoms with E-state index in [-0.39, 0.29) is 0 Å². The van der Waals surface area contributed by atoms with Gasteiger partial charge < -0.3 is 5.32 Å². The quantitative estimate of drug-likeness (QED) is 0.867. The molecule has 4 heteroatoms. The lowest BCUT2D eigenvalue weighted by Crippen LogP contribution is -2.38. The highest BCUT2D eigenvalue weighted by atomic mass is 35.5. The van der Waals surface area contributed by atoms with Gasteiger partial charge in [-0.25, -0.2) is 0 Å². The number of aromatic nitrogens is 2. The Morgan fingerprint density at radius 2 is 2.20 bits per heavy atom. The number of hydrogen-bond donors (Lipinski definition) is 1. The van der Waals surface area contributed by atoms with E-state index in [1.165, 1.54) is 31.4 Å². The van der Waals surface area contributed by atoms with Gasteiger partial charge >= 0.3 is 0 Å². The molecule has 1 aromatic heterocycles. The minimum atomic E-state index is 0.534.